The zero-order valence-corrected chi connectivity index (χ0v) is 8.95. The SMILES string of the molecule is C#CCN(CC=CC(C)(C)C)C(=O)O. The lowest BCUT2D eigenvalue weighted by molar-refractivity contribution is 0.156. The van der Waals surface area contributed by atoms with Gasteiger partial charge in [0.15, 0.2) is 0 Å². The van der Waals surface area contributed by atoms with Gasteiger partial charge in [-0.25, -0.2) is 4.79 Å². The Morgan fingerprint density at radius 1 is 1.57 bits per heavy atom. The van der Waals surface area contributed by atoms with Crippen LogP contribution in [0, 0.1) is 17.8 Å². The average Bonchev–Trinajstić information content (AvgIpc) is 2.00. The van der Waals surface area contributed by atoms with Gasteiger partial charge in [-0.05, 0) is 5.41 Å². The van der Waals surface area contributed by atoms with Gasteiger partial charge in [-0.15, -0.1) is 6.42 Å². The maximum absolute atomic E-state index is 10.6. The molecule has 1 N–H and O–H groups in total. The van der Waals surface area contributed by atoms with Crippen LogP contribution in [0.3, 0.4) is 0 Å². The first-order chi connectivity index (χ1) is 6.37. The van der Waals surface area contributed by atoms with E-state index in [0.29, 0.717) is 6.54 Å². The largest absolute Gasteiger partial charge is 0.465 e. The number of nitrogens with zero attached hydrogens (tertiary/aromatic N) is 1. The fourth-order valence-electron chi connectivity index (χ4n) is 0.854. The molecule has 0 spiro atoms. The molecule has 0 atom stereocenters. The molecule has 0 aliphatic heterocycles. The van der Waals surface area contributed by atoms with Crippen LogP contribution >= 0.6 is 0 Å². The zero-order valence-electron chi connectivity index (χ0n) is 8.95. The third-order valence-corrected chi connectivity index (χ3v) is 1.50. The van der Waals surface area contributed by atoms with Gasteiger partial charge in [-0.2, -0.15) is 0 Å². The number of amides is 1. The lowest BCUT2D eigenvalue weighted by Gasteiger charge is -2.15. The van der Waals surface area contributed by atoms with Crippen LogP contribution in [0.15, 0.2) is 12.2 Å². The van der Waals surface area contributed by atoms with E-state index in [9.17, 15) is 4.79 Å². The molecule has 0 aromatic carbocycles. The summed E-state index contributed by atoms with van der Waals surface area (Å²) in [5, 5.41) is 8.73. The van der Waals surface area contributed by atoms with E-state index in [4.69, 9.17) is 11.5 Å². The molecule has 0 aliphatic rings. The highest BCUT2D eigenvalue weighted by Crippen LogP contribution is 2.14. The summed E-state index contributed by atoms with van der Waals surface area (Å²) in [7, 11) is 0. The predicted octanol–water partition coefficient (Wildman–Crippen LogP) is 2.20. The van der Waals surface area contributed by atoms with E-state index in [2.05, 4.69) is 26.7 Å². The minimum Gasteiger partial charge on any atom is -0.465 e. The quantitative estimate of drug-likeness (QED) is 0.554. The summed E-state index contributed by atoms with van der Waals surface area (Å²) < 4.78 is 0. The number of carbonyl (C=O) groups is 1. The van der Waals surface area contributed by atoms with Crippen molar-refractivity contribution in [2.45, 2.75) is 20.8 Å². The molecule has 0 radical (unpaired) electrons. The first-order valence-electron chi connectivity index (χ1n) is 4.46. The molecule has 0 rings (SSSR count). The van der Waals surface area contributed by atoms with Gasteiger partial charge in [-0.3, -0.25) is 4.90 Å². The van der Waals surface area contributed by atoms with E-state index in [0.717, 1.165) is 0 Å². The standard InChI is InChI=1S/C11H17NO2/c1-5-8-12(10(13)14)9-6-7-11(2,3)4/h1,6-7H,8-9H2,2-4H3,(H,13,14). The molecule has 3 heteroatoms. The highest BCUT2D eigenvalue weighted by atomic mass is 16.4. The van der Waals surface area contributed by atoms with Crippen molar-refractivity contribution in [1.82, 2.24) is 4.90 Å². The van der Waals surface area contributed by atoms with Gasteiger partial charge in [0.05, 0.1) is 6.54 Å². The molecule has 0 saturated heterocycles. The van der Waals surface area contributed by atoms with Crippen molar-refractivity contribution in [3.63, 3.8) is 0 Å². The summed E-state index contributed by atoms with van der Waals surface area (Å²) in [4.78, 5) is 11.8. The van der Waals surface area contributed by atoms with Crippen molar-refractivity contribution in [3.05, 3.63) is 12.2 Å². The fourth-order valence-corrected chi connectivity index (χ4v) is 0.854. The summed E-state index contributed by atoms with van der Waals surface area (Å²) in [5.41, 5.74) is 0.0698. The minimum absolute atomic E-state index is 0.0698. The van der Waals surface area contributed by atoms with Crippen molar-refractivity contribution < 1.29 is 9.90 Å². The number of allylic oxidation sites excluding steroid dienone is 1. The molecule has 0 fully saturated rings. The van der Waals surface area contributed by atoms with Gasteiger partial charge >= 0.3 is 6.09 Å². The first kappa shape index (κ1) is 12.6. The van der Waals surface area contributed by atoms with E-state index < -0.39 is 6.09 Å². The minimum atomic E-state index is -0.985. The Hall–Kier alpha value is -1.43. The predicted molar refractivity (Wildman–Crippen MR) is 57.0 cm³/mol. The highest BCUT2D eigenvalue weighted by molar-refractivity contribution is 5.65. The van der Waals surface area contributed by atoms with Gasteiger partial charge in [0, 0.05) is 6.54 Å². The number of terminal acetylenes is 1. The van der Waals surface area contributed by atoms with E-state index in [1.807, 2.05) is 12.2 Å². The van der Waals surface area contributed by atoms with Crippen LogP contribution < -0.4 is 0 Å². The molecule has 14 heavy (non-hydrogen) atoms. The average molecular weight is 195 g/mol. The Balaban J connectivity index is 4.15. The molecule has 0 bridgehead atoms. The van der Waals surface area contributed by atoms with E-state index >= 15 is 0 Å². The smallest absolute Gasteiger partial charge is 0.408 e. The maximum Gasteiger partial charge on any atom is 0.408 e. The Bertz CT molecular complexity index is 255. The Morgan fingerprint density at radius 3 is 2.50 bits per heavy atom. The molecule has 78 valence electrons. The van der Waals surface area contributed by atoms with Crippen LogP contribution in [-0.4, -0.2) is 29.2 Å². The van der Waals surface area contributed by atoms with Gasteiger partial charge in [0.2, 0.25) is 0 Å². The van der Waals surface area contributed by atoms with Crippen molar-refractivity contribution in [2.24, 2.45) is 5.41 Å². The molecular weight excluding hydrogens is 178 g/mol. The van der Waals surface area contributed by atoms with Crippen LogP contribution in [-0.2, 0) is 0 Å². The van der Waals surface area contributed by atoms with Gasteiger partial charge in [0.1, 0.15) is 0 Å². The summed E-state index contributed by atoms with van der Waals surface area (Å²) in [6.45, 7) is 6.63. The topological polar surface area (TPSA) is 40.5 Å². The molecule has 1 amide bonds. The Kier molecular flexibility index (Phi) is 4.79. The Labute approximate surface area is 85.4 Å². The second-order valence-corrected chi connectivity index (χ2v) is 4.14. The lowest BCUT2D eigenvalue weighted by Crippen LogP contribution is -2.30. The maximum atomic E-state index is 10.6. The highest BCUT2D eigenvalue weighted by Gasteiger charge is 2.08. The van der Waals surface area contributed by atoms with Crippen molar-refractivity contribution in [2.75, 3.05) is 13.1 Å². The van der Waals surface area contributed by atoms with Crippen LogP contribution in [0.1, 0.15) is 20.8 Å². The molecule has 0 aliphatic carbocycles. The normalized spacial score (nSPS) is 11.3. The van der Waals surface area contributed by atoms with E-state index in [1.54, 1.807) is 0 Å². The van der Waals surface area contributed by atoms with Crippen molar-refractivity contribution in [3.8, 4) is 12.3 Å². The molecule has 3 nitrogen and oxygen atoms in total. The van der Waals surface area contributed by atoms with Crippen LogP contribution in [0.25, 0.3) is 0 Å². The molecule has 0 aromatic heterocycles. The molecular formula is C11H17NO2. The Morgan fingerprint density at radius 2 is 2.14 bits per heavy atom. The number of hydrogen-bond donors (Lipinski definition) is 1. The van der Waals surface area contributed by atoms with Crippen LogP contribution in [0.2, 0.25) is 0 Å². The summed E-state index contributed by atoms with van der Waals surface area (Å²) in [6, 6.07) is 0. The second-order valence-electron chi connectivity index (χ2n) is 4.14. The van der Waals surface area contributed by atoms with Gasteiger partial charge < -0.3 is 5.11 Å². The summed E-state index contributed by atoms with van der Waals surface area (Å²) in [6.07, 6.45) is 7.86. The molecule has 0 heterocycles. The van der Waals surface area contributed by atoms with Crippen molar-refractivity contribution >= 4 is 6.09 Å². The van der Waals surface area contributed by atoms with Gasteiger partial charge in [-0.1, -0.05) is 38.8 Å². The molecule has 0 unspecified atom stereocenters. The molecule has 0 aromatic rings. The monoisotopic (exact) mass is 195 g/mol. The third-order valence-electron chi connectivity index (χ3n) is 1.50. The summed E-state index contributed by atoms with van der Waals surface area (Å²) >= 11 is 0. The number of hydrogen-bond acceptors (Lipinski definition) is 1. The fraction of sp³-hybridized carbons (Fsp3) is 0.545. The second kappa shape index (κ2) is 5.33. The van der Waals surface area contributed by atoms with Gasteiger partial charge in [0.25, 0.3) is 0 Å². The van der Waals surface area contributed by atoms with Crippen LogP contribution in [0.5, 0.6) is 0 Å². The van der Waals surface area contributed by atoms with E-state index in [1.165, 1.54) is 4.90 Å². The summed E-state index contributed by atoms with van der Waals surface area (Å²) in [5.74, 6) is 2.31. The third kappa shape index (κ3) is 6.13. The van der Waals surface area contributed by atoms with Crippen LogP contribution in [0.4, 0.5) is 4.79 Å². The molecule has 0 saturated carbocycles. The van der Waals surface area contributed by atoms with Crippen molar-refractivity contribution in [1.29, 1.82) is 0 Å². The first-order valence-corrected chi connectivity index (χ1v) is 4.46. The van der Waals surface area contributed by atoms with E-state index in [-0.39, 0.29) is 12.0 Å². The lowest BCUT2D eigenvalue weighted by atomic mass is 9.96. The number of rotatable bonds is 3. The zero-order chi connectivity index (χ0) is 11.2. The number of carboxylic acid groups (broad SMARTS) is 1.